The Labute approximate surface area is 296 Å². The van der Waals surface area contributed by atoms with Crippen LogP contribution < -0.4 is 10.6 Å². The molecule has 3 rings (SSSR count). The number of hydrogen-bond donors (Lipinski definition) is 9. The highest BCUT2D eigenvalue weighted by atomic mass is 32.1. The van der Waals surface area contributed by atoms with E-state index in [1.54, 1.807) is 6.21 Å². The van der Waals surface area contributed by atoms with Crippen LogP contribution >= 0.6 is 36.1 Å². The SMILES string of the molecule is CCC=Nc1ncnc2c1ncn2[C@@H]1O[C@H](COP(=O)(O)OP(=O)(O)OCC(C)(C)[C@@H](O)C(=O)NCCC(=O)NCCS)[C@@H](OP(=O)(O)O)[C@H]1O. The lowest BCUT2D eigenvalue weighted by molar-refractivity contribution is -0.137. The molecule has 0 radical (unpaired) electrons. The van der Waals surface area contributed by atoms with Gasteiger partial charge in [-0.05, 0) is 6.42 Å². The first kappa shape index (κ1) is 43.2. The van der Waals surface area contributed by atoms with Crippen molar-refractivity contribution in [2.24, 2.45) is 10.4 Å². The molecule has 51 heavy (non-hydrogen) atoms. The normalized spacial score (nSPS) is 22.9. The van der Waals surface area contributed by atoms with Gasteiger partial charge in [0.2, 0.25) is 11.8 Å². The van der Waals surface area contributed by atoms with Crippen LogP contribution in [0.2, 0.25) is 0 Å². The number of rotatable bonds is 20. The van der Waals surface area contributed by atoms with Gasteiger partial charge >= 0.3 is 23.5 Å². The van der Waals surface area contributed by atoms with Crippen molar-refractivity contribution < 1.29 is 75.7 Å². The molecule has 1 aliphatic heterocycles. The van der Waals surface area contributed by atoms with E-state index in [1.165, 1.54) is 24.7 Å². The van der Waals surface area contributed by atoms with E-state index in [1.807, 2.05) is 6.92 Å². The van der Waals surface area contributed by atoms with Crippen LogP contribution in [-0.4, -0.2) is 124 Å². The van der Waals surface area contributed by atoms with Gasteiger partial charge in [0.05, 0.1) is 19.5 Å². The van der Waals surface area contributed by atoms with Crippen LogP contribution in [0.5, 0.6) is 0 Å². The lowest BCUT2D eigenvalue weighted by atomic mass is 9.87. The molecule has 0 saturated carbocycles. The Kier molecular flexibility index (Phi) is 15.4. The summed E-state index contributed by atoms with van der Waals surface area (Å²) in [5.74, 6) is -0.730. The number of phosphoric ester groups is 3. The maximum atomic E-state index is 12.7. The Morgan fingerprint density at radius 1 is 1.12 bits per heavy atom. The Morgan fingerprint density at radius 3 is 2.45 bits per heavy atom. The van der Waals surface area contributed by atoms with Crippen molar-refractivity contribution in [2.75, 3.05) is 32.1 Å². The van der Waals surface area contributed by atoms with Crippen molar-refractivity contribution in [3.05, 3.63) is 12.7 Å². The molecule has 1 fully saturated rings. The van der Waals surface area contributed by atoms with Crippen LogP contribution in [0.1, 0.15) is 39.8 Å². The first-order chi connectivity index (χ1) is 23.7. The molecule has 8 N–H and O–H groups in total. The van der Waals surface area contributed by atoms with E-state index < -0.39 is 78.6 Å². The quantitative estimate of drug-likeness (QED) is 0.0478. The number of carbonyl (C=O) groups excluding carboxylic acids is 2. The lowest BCUT2D eigenvalue weighted by Crippen LogP contribution is -2.46. The van der Waals surface area contributed by atoms with Gasteiger partial charge in [0, 0.05) is 36.9 Å². The highest BCUT2D eigenvalue weighted by molar-refractivity contribution is 7.80. The van der Waals surface area contributed by atoms with Gasteiger partial charge in [-0.25, -0.2) is 33.6 Å². The van der Waals surface area contributed by atoms with Gasteiger partial charge < -0.3 is 45.2 Å². The van der Waals surface area contributed by atoms with Crippen molar-refractivity contribution in [2.45, 2.75) is 64.3 Å². The summed E-state index contributed by atoms with van der Waals surface area (Å²) < 4.78 is 62.2. The molecule has 2 unspecified atom stereocenters. The minimum Gasteiger partial charge on any atom is -0.386 e. The molecule has 0 bridgehead atoms. The third kappa shape index (κ3) is 12.7. The zero-order chi connectivity index (χ0) is 38.2. The van der Waals surface area contributed by atoms with Crippen LogP contribution in [0.3, 0.4) is 0 Å². The maximum absolute atomic E-state index is 12.7. The van der Waals surface area contributed by atoms with Crippen molar-refractivity contribution in [1.29, 1.82) is 0 Å². The Bertz CT molecular complexity index is 1690. The summed E-state index contributed by atoms with van der Waals surface area (Å²) in [7, 11) is -16.3. The van der Waals surface area contributed by atoms with E-state index in [0.29, 0.717) is 18.7 Å². The van der Waals surface area contributed by atoms with E-state index >= 15 is 0 Å². The van der Waals surface area contributed by atoms with Gasteiger partial charge in [0.1, 0.15) is 30.7 Å². The van der Waals surface area contributed by atoms with Crippen LogP contribution in [-0.2, 0) is 45.9 Å². The van der Waals surface area contributed by atoms with Crippen LogP contribution in [0.15, 0.2) is 17.6 Å². The van der Waals surface area contributed by atoms with Crippen molar-refractivity contribution in [3.63, 3.8) is 0 Å². The number of carbonyl (C=O) groups is 2. The second kappa shape index (κ2) is 18.2. The van der Waals surface area contributed by atoms with Crippen molar-refractivity contribution in [3.8, 4) is 0 Å². The Balaban J connectivity index is 1.64. The molecule has 27 heteroatoms. The van der Waals surface area contributed by atoms with E-state index in [2.05, 4.69) is 52.0 Å². The highest BCUT2D eigenvalue weighted by Gasteiger charge is 2.50. The van der Waals surface area contributed by atoms with Gasteiger partial charge in [-0.3, -0.25) is 27.7 Å². The second-order valence-electron chi connectivity index (χ2n) is 11.5. The highest BCUT2D eigenvalue weighted by Crippen LogP contribution is 2.61. The molecule has 3 heterocycles. The fourth-order valence-electron chi connectivity index (χ4n) is 4.38. The number of phosphoric acid groups is 3. The van der Waals surface area contributed by atoms with Crippen molar-refractivity contribution >= 4 is 71.1 Å². The molecule has 23 nitrogen and oxygen atoms in total. The standard InChI is InChI=1S/C24H40N7O16P3S/c1-4-6-26-20-16-21(29-12-28-20)31(13-30-16)23-17(33)18(46-48(36,37)38)14(45-23)10-43-49(39,40)47-50(41,42)44-11-24(2,3)19(34)22(35)27-7-5-15(32)25-8-9-51/h6,12-14,17-19,23,33-34,51H,4-5,7-11H2,1-3H3,(H,25,32)(H,27,35)(H,39,40)(H,41,42)(H2,36,37,38)/t14-,17-,18-,19+,23-/m1/s1. The Morgan fingerprint density at radius 2 is 1.80 bits per heavy atom. The van der Waals surface area contributed by atoms with E-state index in [0.717, 1.165) is 6.33 Å². The molecule has 288 valence electrons. The minimum atomic E-state index is -5.55. The average Bonchev–Trinajstić information content (AvgIpc) is 3.60. The number of nitrogens with one attached hydrogen (secondary N) is 2. The van der Waals surface area contributed by atoms with E-state index in [-0.39, 0.29) is 35.9 Å². The first-order valence-electron chi connectivity index (χ1n) is 15.0. The molecule has 1 saturated heterocycles. The maximum Gasteiger partial charge on any atom is 0.481 e. The number of amides is 2. The van der Waals surface area contributed by atoms with E-state index in [4.69, 9.17) is 13.8 Å². The summed E-state index contributed by atoms with van der Waals surface area (Å²) in [4.78, 5) is 79.7. The predicted molar refractivity (Wildman–Crippen MR) is 178 cm³/mol. The molecular weight excluding hydrogens is 767 g/mol. The summed E-state index contributed by atoms with van der Waals surface area (Å²) in [5.41, 5.74) is -1.32. The fourth-order valence-corrected chi connectivity index (χ4v) is 7.32. The van der Waals surface area contributed by atoms with Crippen LogP contribution in [0, 0.1) is 5.41 Å². The summed E-state index contributed by atoms with van der Waals surface area (Å²) >= 11 is 3.96. The largest absolute Gasteiger partial charge is 0.481 e. The number of aliphatic hydroxyl groups is 2. The van der Waals surface area contributed by atoms with Gasteiger partial charge in [-0.2, -0.15) is 16.9 Å². The number of hydrogen-bond acceptors (Lipinski definition) is 17. The zero-order valence-corrected chi connectivity index (χ0v) is 30.9. The number of thiol groups is 1. The average molecular weight is 808 g/mol. The zero-order valence-electron chi connectivity index (χ0n) is 27.4. The topological polar surface area (TPSA) is 333 Å². The third-order valence-corrected chi connectivity index (χ3v) is 10.2. The molecule has 2 amide bonds. The fraction of sp³-hybridized carbons (Fsp3) is 0.667. The lowest BCUT2D eigenvalue weighted by Gasteiger charge is -2.30. The summed E-state index contributed by atoms with van der Waals surface area (Å²) in [5, 5.41) is 26.3. The monoisotopic (exact) mass is 807 g/mol. The number of fused-ring (bicyclic) bond motifs is 1. The number of imidazole rings is 1. The molecule has 7 atom stereocenters. The summed E-state index contributed by atoms with van der Waals surface area (Å²) in [6.45, 7) is 2.58. The van der Waals surface area contributed by atoms with Gasteiger partial charge in [-0.15, -0.1) is 0 Å². The summed E-state index contributed by atoms with van der Waals surface area (Å²) in [6, 6.07) is 0. The van der Waals surface area contributed by atoms with E-state index in [9.17, 15) is 53.1 Å². The molecule has 0 aliphatic carbocycles. The number of ether oxygens (including phenoxy) is 1. The smallest absolute Gasteiger partial charge is 0.386 e. The van der Waals surface area contributed by atoms with Gasteiger partial charge in [0.15, 0.2) is 23.2 Å². The second-order valence-corrected chi connectivity index (χ2v) is 16.1. The number of aliphatic hydroxyl groups excluding tert-OH is 2. The number of aromatic nitrogens is 4. The molecule has 2 aromatic heterocycles. The predicted octanol–water partition coefficient (Wildman–Crippen LogP) is -0.135. The molecule has 0 aromatic carbocycles. The van der Waals surface area contributed by atoms with Crippen LogP contribution in [0.25, 0.3) is 11.2 Å². The van der Waals surface area contributed by atoms with Gasteiger partial charge in [0.25, 0.3) is 0 Å². The molecule has 0 spiro atoms. The summed E-state index contributed by atoms with van der Waals surface area (Å²) in [6.07, 6.45) is -4.47. The Hall–Kier alpha value is -2.24. The van der Waals surface area contributed by atoms with Crippen molar-refractivity contribution in [1.82, 2.24) is 30.2 Å². The first-order valence-corrected chi connectivity index (χ1v) is 20.1. The van der Waals surface area contributed by atoms with Crippen LogP contribution in [0.4, 0.5) is 5.82 Å². The minimum absolute atomic E-state index is 0.0844. The van der Waals surface area contributed by atoms with Gasteiger partial charge in [-0.1, -0.05) is 20.8 Å². The number of aliphatic imine (C=N–C) groups is 1. The molecular formula is C24H40N7O16P3S. The number of nitrogens with zero attached hydrogens (tertiary/aromatic N) is 5. The third-order valence-electron chi connectivity index (χ3n) is 6.86. The molecule has 2 aromatic rings. The molecule has 1 aliphatic rings.